The van der Waals surface area contributed by atoms with Gasteiger partial charge in [0, 0.05) is 6.04 Å². The predicted molar refractivity (Wildman–Crippen MR) is 71.1 cm³/mol. The number of carboxylic acid groups (broad SMARTS) is 1. The lowest BCUT2D eigenvalue weighted by atomic mass is 9.92. The van der Waals surface area contributed by atoms with E-state index in [-0.39, 0.29) is 12.5 Å². The molecule has 0 aliphatic heterocycles. The number of rotatable bonds is 5. The van der Waals surface area contributed by atoms with E-state index in [0.29, 0.717) is 6.42 Å². The Kier molecular flexibility index (Phi) is 4.73. The number of benzene rings is 1. The van der Waals surface area contributed by atoms with Crippen LogP contribution in [-0.4, -0.2) is 24.2 Å². The van der Waals surface area contributed by atoms with Gasteiger partial charge in [0.25, 0.3) is 0 Å². The summed E-state index contributed by atoms with van der Waals surface area (Å²) in [6, 6.07) is 1.62. The molecule has 1 rings (SSSR count). The molecule has 0 heterocycles. The van der Waals surface area contributed by atoms with Gasteiger partial charge in [-0.3, -0.25) is 4.79 Å². The summed E-state index contributed by atoms with van der Waals surface area (Å²) in [6.45, 7) is 6.02. The number of aryl methyl sites for hydroxylation is 1. The summed E-state index contributed by atoms with van der Waals surface area (Å²) in [5.74, 6) is 0.00333. The van der Waals surface area contributed by atoms with E-state index < -0.39 is 5.97 Å². The van der Waals surface area contributed by atoms with E-state index in [2.05, 4.69) is 0 Å². The Morgan fingerprint density at radius 2 is 2.00 bits per heavy atom. The second-order valence-corrected chi connectivity index (χ2v) is 4.69. The van der Waals surface area contributed by atoms with Crippen molar-refractivity contribution in [1.82, 2.24) is 0 Å². The van der Waals surface area contributed by atoms with Crippen molar-refractivity contribution >= 4 is 5.97 Å². The zero-order valence-corrected chi connectivity index (χ0v) is 11.4. The topological polar surface area (TPSA) is 72.5 Å². The highest BCUT2D eigenvalue weighted by Gasteiger charge is 2.15. The van der Waals surface area contributed by atoms with Crippen molar-refractivity contribution in [3.05, 3.63) is 28.3 Å². The minimum absolute atomic E-state index is 0.00996. The van der Waals surface area contributed by atoms with Gasteiger partial charge in [0.05, 0.1) is 13.5 Å². The molecule has 100 valence electrons. The van der Waals surface area contributed by atoms with E-state index in [1.54, 1.807) is 7.11 Å². The van der Waals surface area contributed by atoms with Gasteiger partial charge in [-0.05, 0) is 55.5 Å². The number of ether oxygens (including phenoxy) is 1. The van der Waals surface area contributed by atoms with Crippen LogP contribution in [-0.2, 0) is 11.2 Å². The molecule has 0 saturated heterocycles. The number of methoxy groups -OCH3 is 1. The molecule has 18 heavy (non-hydrogen) atoms. The number of aliphatic carboxylic acids is 1. The number of carbonyl (C=O) groups is 1. The molecule has 0 spiro atoms. The van der Waals surface area contributed by atoms with Gasteiger partial charge < -0.3 is 15.6 Å². The molecule has 0 radical (unpaired) electrons. The summed E-state index contributed by atoms with van der Waals surface area (Å²) in [7, 11) is 1.65. The predicted octanol–water partition coefficient (Wildman–Crippen LogP) is 1.96. The van der Waals surface area contributed by atoms with Crippen molar-refractivity contribution < 1.29 is 14.6 Å². The molecule has 0 saturated carbocycles. The van der Waals surface area contributed by atoms with E-state index >= 15 is 0 Å². The van der Waals surface area contributed by atoms with Crippen LogP contribution in [0, 0.1) is 20.8 Å². The Morgan fingerprint density at radius 3 is 2.50 bits per heavy atom. The molecular weight excluding hydrogens is 230 g/mol. The van der Waals surface area contributed by atoms with Crippen molar-refractivity contribution in [2.24, 2.45) is 5.73 Å². The summed E-state index contributed by atoms with van der Waals surface area (Å²) in [5.41, 5.74) is 10.3. The van der Waals surface area contributed by atoms with Gasteiger partial charge in [-0.15, -0.1) is 0 Å². The maximum absolute atomic E-state index is 10.6. The molecule has 1 aromatic carbocycles. The summed E-state index contributed by atoms with van der Waals surface area (Å²) in [6.07, 6.45) is 0.568. The van der Waals surface area contributed by atoms with Crippen molar-refractivity contribution in [2.75, 3.05) is 7.11 Å². The molecule has 1 aromatic rings. The largest absolute Gasteiger partial charge is 0.496 e. The van der Waals surface area contributed by atoms with Gasteiger partial charge in [0.15, 0.2) is 0 Å². The van der Waals surface area contributed by atoms with E-state index in [1.165, 1.54) is 0 Å². The zero-order chi connectivity index (χ0) is 13.9. The highest BCUT2D eigenvalue weighted by atomic mass is 16.5. The van der Waals surface area contributed by atoms with Crippen LogP contribution < -0.4 is 10.5 Å². The maximum Gasteiger partial charge on any atom is 0.304 e. The number of hydrogen-bond donors (Lipinski definition) is 2. The minimum atomic E-state index is -0.858. The highest BCUT2D eigenvalue weighted by Crippen LogP contribution is 2.28. The quantitative estimate of drug-likeness (QED) is 0.839. The SMILES string of the molecule is COc1cc(C)c(CC(N)CC(=O)O)c(C)c1C. The van der Waals surface area contributed by atoms with Crippen molar-refractivity contribution in [1.29, 1.82) is 0 Å². The highest BCUT2D eigenvalue weighted by molar-refractivity contribution is 5.67. The third-order valence-electron chi connectivity index (χ3n) is 3.33. The number of carboxylic acids is 1. The van der Waals surface area contributed by atoms with Crippen LogP contribution >= 0.6 is 0 Å². The lowest BCUT2D eigenvalue weighted by molar-refractivity contribution is -0.137. The lowest BCUT2D eigenvalue weighted by Crippen LogP contribution is -2.27. The minimum Gasteiger partial charge on any atom is -0.496 e. The van der Waals surface area contributed by atoms with Crippen molar-refractivity contribution in [3.63, 3.8) is 0 Å². The second-order valence-electron chi connectivity index (χ2n) is 4.69. The summed E-state index contributed by atoms with van der Waals surface area (Å²) >= 11 is 0. The standard InChI is InChI=1S/C14H21NO3/c1-8-5-13(18-4)10(3)9(2)12(8)6-11(15)7-14(16)17/h5,11H,6-7,15H2,1-4H3,(H,16,17). The third-order valence-corrected chi connectivity index (χ3v) is 3.33. The Bertz CT molecular complexity index is 455. The van der Waals surface area contributed by atoms with Gasteiger partial charge in [0.1, 0.15) is 5.75 Å². The molecule has 0 bridgehead atoms. The normalized spacial score (nSPS) is 12.3. The molecule has 3 N–H and O–H groups in total. The molecule has 0 aromatic heterocycles. The average molecular weight is 251 g/mol. The van der Waals surface area contributed by atoms with Crippen LogP contribution in [0.15, 0.2) is 6.07 Å². The first kappa shape index (κ1) is 14.5. The fourth-order valence-electron chi connectivity index (χ4n) is 2.18. The Hall–Kier alpha value is -1.55. The molecule has 0 amide bonds. The molecule has 0 aliphatic rings. The Morgan fingerprint density at radius 1 is 1.39 bits per heavy atom. The lowest BCUT2D eigenvalue weighted by Gasteiger charge is -2.18. The van der Waals surface area contributed by atoms with E-state index in [9.17, 15) is 4.79 Å². The molecule has 4 heteroatoms. The fourth-order valence-corrected chi connectivity index (χ4v) is 2.18. The molecule has 0 aliphatic carbocycles. The summed E-state index contributed by atoms with van der Waals surface area (Å²) in [5, 5.41) is 8.74. The third kappa shape index (κ3) is 3.23. The van der Waals surface area contributed by atoms with Crippen LogP contribution in [0.1, 0.15) is 28.7 Å². The van der Waals surface area contributed by atoms with Gasteiger partial charge >= 0.3 is 5.97 Å². The van der Waals surface area contributed by atoms with Crippen LogP contribution in [0.25, 0.3) is 0 Å². The number of nitrogens with two attached hydrogens (primary N) is 1. The summed E-state index contributed by atoms with van der Waals surface area (Å²) < 4.78 is 5.31. The average Bonchev–Trinajstić information content (AvgIpc) is 2.28. The smallest absolute Gasteiger partial charge is 0.304 e. The zero-order valence-electron chi connectivity index (χ0n) is 11.4. The van der Waals surface area contributed by atoms with Gasteiger partial charge in [-0.1, -0.05) is 0 Å². The monoisotopic (exact) mass is 251 g/mol. The van der Waals surface area contributed by atoms with Crippen LogP contribution in [0.3, 0.4) is 0 Å². The first-order valence-corrected chi connectivity index (χ1v) is 5.97. The van der Waals surface area contributed by atoms with Gasteiger partial charge in [-0.2, -0.15) is 0 Å². The second kappa shape index (κ2) is 5.87. The fraction of sp³-hybridized carbons (Fsp3) is 0.500. The van der Waals surface area contributed by atoms with Crippen LogP contribution in [0.4, 0.5) is 0 Å². The van der Waals surface area contributed by atoms with Crippen LogP contribution in [0.5, 0.6) is 5.75 Å². The van der Waals surface area contributed by atoms with Gasteiger partial charge in [-0.25, -0.2) is 0 Å². The Balaban J connectivity index is 3.03. The van der Waals surface area contributed by atoms with E-state index in [4.69, 9.17) is 15.6 Å². The number of hydrogen-bond acceptors (Lipinski definition) is 3. The van der Waals surface area contributed by atoms with Crippen molar-refractivity contribution in [2.45, 2.75) is 39.7 Å². The molecule has 1 atom stereocenters. The van der Waals surface area contributed by atoms with E-state index in [1.807, 2.05) is 26.8 Å². The first-order chi connectivity index (χ1) is 8.36. The molecule has 4 nitrogen and oxygen atoms in total. The van der Waals surface area contributed by atoms with Gasteiger partial charge in [0.2, 0.25) is 0 Å². The first-order valence-electron chi connectivity index (χ1n) is 5.97. The maximum atomic E-state index is 10.6. The Labute approximate surface area is 108 Å². The summed E-state index contributed by atoms with van der Waals surface area (Å²) in [4.78, 5) is 10.6. The molecular formula is C14H21NO3. The van der Waals surface area contributed by atoms with Crippen molar-refractivity contribution in [3.8, 4) is 5.75 Å². The van der Waals surface area contributed by atoms with E-state index in [0.717, 1.165) is 28.0 Å². The van der Waals surface area contributed by atoms with Crippen LogP contribution in [0.2, 0.25) is 0 Å². The molecule has 0 fully saturated rings. The molecule has 1 unspecified atom stereocenters.